The lowest BCUT2D eigenvalue weighted by Gasteiger charge is -2.01. The van der Waals surface area contributed by atoms with E-state index in [1.807, 2.05) is 48.5 Å². The normalized spacial score (nSPS) is 11.3. The van der Waals surface area contributed by atoms with Crippen LogP contribution in [-0.2, 0) is 0 Å². The Morgan fingerprint density at radius 3 is 2.50 bits per heavy atom. The molecule has 0 saturated carbocycles. The van der Waals surface area contributed by atoms with E-state index in [0.717, 1.165) is 56.0 Å². The molecule has 0 fully saturated rings. The molecule has 6 aromatic heterocycles. The highest BCUT2D eigenvalue weighted by Crippen LogP contribution is 2.32. The second-order valence-electron chi connectivity index (χ2n) is 6.92. The topological polar surface area (TPSA) is 96.0 Å². The lowest BCUT2D eigenvalue weighted by molar-refractivity contribution is 1.12. The first-order valence-corrected chi connectivity index (χ1v) is 9.52. The Morgan fingerprint density at radius 2 is 1.63 bits per heavy atom. The average Bonchev–Trinajstić information content (AvgIpc) is 3.43. The zero-order chi connectivity index (χ0) is 19.9. The third-order valence-electron chi connectivity index (χ3n) is 5.09. The van der Waals surface area contributed by atoms with Crippen LogP contribution in [0.1, 0.15) is 0 Å². The number of nitrogens with one attached hydrogen (secondary N) is 2. The van der Waals surface area contributed by atoms with Gasteiger partial charge in [-0.2, -0.15) is 5.10 Å². The van der Waals surface area contributed by atoms with Crippen molar-refractivity contribution in [2.75, 3.05) is 0 Å². The van der Waals surface area contributed by atoms with Crippen molar-refractivity contribution in [2.24, 2.45) is 0 Å². The minimum absolute atomic E-state index is 0.764. The molecule has 30 heavy (non-hydrogen) atoms. The van der Waals surface area contributed by atoms with Gasteiger partial charge >= 0.3 is 0 Å². The summed E-state index contributed by atoms with van der Waals surface area (Å²) in [5.41, 5.74) is 7.85. The minimum Gasteiger partial charge on any atom is -0.353 e. The molecule has 6 rings (SSSR count). The number of rotatable bonds is 3. The summed E-state index contributed by atoms with van der Waals surface area (Å²) in [6.07, 6.45) is 7.11. The fraction of sp³-hybridized carbons (Fsp3) is 0. The lowest BCUT2D eigenvalue weighted by atomic mass is 10.1. The first-order valence-electron chi connectivity index (χ1n) is 9.52. The van der Waals surface area contributed by atoms with E-state index < -0.39 is 0 Å². The second kappa shape index (κ2) is 6.59. The monoisotopic (exact) mass is 389 g/mol. The predicted octanol–water partition coefficient (Wildman–Crippen LogP) is 4.63. The maximum Gasteiger partial charge on any atom is 0.135 e. The molecule has 0 saturated heterocycles. The molecule has 6 heterocycles. The van der Waals surface area contributed by atoms with Gasteiger partial charge in [0.2, 0.25) is 0 Å². The zero-order valence-corrected chi connectivity index (χ0v) is 15.7. The van der Waals surface area contributed by atoms with Crippen LogP contribution in [0.3, 0.4) is 0 Å². The SMILES string of the molecule is c1ccc(-c2ccc3[nH]nc(-c4cc5c(-c6ccncc6)nccc5[nH]4)c3n2)nc1. The van der Waals surface area contributed by atoms with E-state index >= 15 is 0 Å². The highest BCUT2D eigenvalue weighted by Gasteiger charge is 2.16. The molecule has 142 valence electrons. The van der Waals surface area contributed by atoms with Gasteiger partial charge in [-0.15, -0.1) is 0 Å². The Kier molecular flexibility index (Phi) is 3.64. The van der Waals surface area contributed by atoms with Crippen molar-refractivity contribution in [1.29, 1.82) is 0 Å². The fourth-order valence-electron chi connectivity index (χ4n) is 3.66. The smallest absolute Gasteiger partial charge is 0.135 e. The average molecular weight is 389 g/mol. The molecule has 0 aliphatic heterocycles. The molecule has 0 spiro atoms. The first kappa shape index (κ1) is 16.6. The maximum absolute atomic E-state index is 4.83. The molecular weight excluding hydrogens is 374 g/mol. The lowest BCUT2D eigenvalue weighted by Crippen LogP contribution is -1.87. The molecule has 0 aliphatic carbocycles. The molecule has 7 heteroatoms. The minimum atomic E-state index is 0.764. The van der Waals surface area contributed by atoms with E-state index in [-0.39, 0.29) is 0 Å². The first-order chi connectivity index (χ1) is 14.9. The summed E-state index contributed by atoms with van der Waals surface area (Å²) in [5, 5.41) is 8.63. The van der Waals surface area contributed by atoms with E-state index in [1.165, 1.54) is 0 Å². The van der Waals surface area contributed by atoms with Crippen molar-refractivity contribution in [2.45, 2.75) is 0 Å². The van der Waals surface area contributed by atoms with Gasteiger partial charge in [0.1, 0.15) is 11.2 Å². The number of aromatic amines is 2. The molecule has 0 amide bonds. The summed E-state index contributed by atoms with van der Waals surface area (Å²) in [7, 11) is 0. The van der Waals surface area contributed by atoms with Crippen LogP contribution in [-0.4, -0.2) is 35.1 Å². The summed E-state index contributed by atoms with van der Waals surface area (Å²) in [6, 6.07) is 17.7. The second-order valence-corrected chi connectivity index (χ2v) is 6.92. The molecule has 7 nitrogen and oxygen atoms in total. The van der Waals surface area contributed by atoms with Crippen molar-refractivity contribution in [3.63, 3.8) is 0 Å². The Morgan fingerprint density at radius 1 is 0.700 bits per heavy atom. The van der Waals surface area contributed by atoms with Crippen molar-refractivity contribution in [1.82, 2.24) is 35.1 Å². The number of nitrogens with zero attached hydrogens (tertiary/aromatic N) is 5. The summed E-state index contributed by atoms with van der Waals surface area (Å²) in [6.45, 7) is 0. The predicted molar refractivity (Wildman–Crippen MR) is 115 cm³/mol. The molecule has 0 radical (unpaired) electrons. The van der Waals surface area contributed by atoms with Crippen LogP contribution in [0.5, 0.6) is 0 Å². The number of pyridine rings is 4. The standard InChI is InChI=1S/C23H15N7/c1-2-9-25-17(3-1)18-4-5-19-22(28-18)23(30-29-19)20-13-15-16(27-20)8-12-26-21(15)14-6-10-24-11-7-14/h1-13,27H,(H,29,30). The van der Waals surface area contributed by atoms with Crippen LogP contribution in [0, 0.1) is 0 Å². The summed E-state index contributed by atoms with van der Waals surface area (Å²) in [5.74, 6) is 0. The van der Waals surface area contributed by atoms with Gasteiger partial charge in [0.15, 0.2) is 0 Å². The maximum atomic E-state index is 4.83. The summed E-state index contributed by atoms with van der Waals surface area (Å²) in [4.78, 5) is 21.4. The zero-order valence-electron chi connectivity index (χ0n) is 15.7. The molecule has 0 aliphatic rings. The summed E-state index contributed by atoms with van der Waals surface area (Å²) >= 11 is 0. The largest absolute Gasteiger partial charge is 0.353 e. The van der Waals surface area contributed by atoms with Gasteiger partial charge in [0, 0.05) is 41.3 Å². The van der Waals surface area contributed by atoms with E-state index in [0.29, 0.717) is 0 Å². The molecule has 0 unspecified atom stereocenters. The molecule has 0 bridgehead atoms. The van der Waals surface area contributed by atoms with Gasteiger partial charge in [0.25, 0.3) is 0 Å². The highest BCUT2D eigenvalue weighted by molar-refractivity contribution is 5.99. The molecule has 0 atom stereocenters. The van der Waals surface area contributed by atoms with Gasteiger partial charge in [-0.05, 0) is 48.5 Å². The van der Waals surface area contributed by atoms with E-state index in [9.17, 15) is 0 Å². The number of H-pyrrole nitrogens is 2. The molecular formula is C23H15N7. The van der Waals surface area contributed by atoms with Gasteiger partial charge in [-0.25, -0.2) is 4.98 Å². The van der Waals surface area contributed by atoms with Gasteiger partial charge in [-0.3, -0.25) is 20.1 Å². The summed E-state index contributed by atoms with van der Waals surface area (Å²) < 4.78 is 0. The van der Waals surface area contributed by atoms with Crippen molar-refractivity contribution >= 4 is 21.9 Å². The van der Waals surface area contributed by atoms with Crippen LogP contribution in [0.4, 0.5) is 0 Å². The van der Waals surface area contributed by atoms with Crippen LogP contribution < -0.4 is 0 Å². The van der Waals surface area contributed by atoms with Crippen molar-refractivity contribution in [3.05, 3.63) is 79.4 Å². The third-order valence-corrected chi connectivity index (χ3v) is 5.09. The third kappa shape index (κ3) is 2.64. The number of aromatic nitrogens is 7. The molecule has 2 N–H and O–H groups in total. The van der Waals surface area contributed by atoms with Crippen molar-refractivity contribution < 1.29 is 0 Å². The number of hydrogen-bond donors (Lipinski definition) is 2. The number of hydrogen-bond acceptors (Lipinski definition) is 5. The van der Waals surface area contributed by atoms with E-state index in [2.05, 4.69) is 36.2 Å². The van der Waals surface area contributed by atoms with Gasteiger partial charge in [-0.1, -0.05) is 6.07 Å². The Hall–Kier alpha value is -4.39. The Bertz CT molecular complexity index is 1480. The van der Waals surface area contributed by atoms with Gasteiger partial charge in [0.05, 0.1) is 28.3 Å². The van der Waals surface area contributed by atoms with E-state index in [1.54, 1.807) is 24.8 Å². The van der Waals surface area contributed by atoms with Crippen LogP contribution in [0.2, 0.25) is 0 Å². The van der Waals surface area contributed by atoms with Crippen LogP contribution >= 0.6 is 0 Å². The molecule has 6 aromatic rings. The Labute approximate surface area is 170 Å². The van der Waals surface area contributed by atoms with Crippen LogP contribution in [0.25, 0.3) is 56.0 Å². The quantitative estimate of drug-likeness (QED) is 0.460. The number of fused-ring (bicyclic) bond motifs is 2. The highest BCUT2D eigenvalue weighted by atomic mass is 15.1. The van der Waals surface area contributed by atoms with Crippen LogP contribution in [0.15, 0.2) is 79.4 Å². The fourth-order valence-corrected chi connectivity index (χ4v) is 3.66. The van der Waals surface area contributed by atoms with E-state index in [4.69, 9.17) is 4.98 Å². The molecule has 0 aromatic carbocycles. The van der Waals surface area contributed by atoms with Crippen molar-refractivity contribution in [3.8, 4) is 34.0 Å². The van der Waals surface area contributed by atoms with Gasteiger partial charge < -0.3 is 4.98 Å². The Balaban J connectivity index is 1.52.